The molecular formula is C27H29NO4. The van der Waals surface area contributed by atoms with Gasteiger partial charge < -0.3 is 14.5 Å². The molecule has 0 radical (unpaired) electrons. The van der Waals surface area contributed by atoms with Crippen LogP contribution in [0.25, 0.3) is 11.0 Å². The zero-order valence-corrected chi connectivity index (χ0v) is 18.7. The number of hydrogen-bond donors (Lipinski definition) is 1. The number of ether oxygens (including phenoxy) is 1. The summed E-state index contributed by atoms with van der Waals surface area (Å²) in [6.07, 6.45) is 6.84. The topological polar surface area (TPSA) is 68.5 Å². The number of Topliss-reactive ketones (excluding diaryl/α,β-unsaturated/α-hetero) is 1. The van der Waals surface area contributed by atoms with Gasteiger partial charge in [-0.25, -0.2) is 0 Å². The molecule has 1 aromatic heterocycles. The molecule has 1 fully saturated rings. The second-order valence-corrected chi connectivity index (χ2v) is 9.27. The zero-order chi connectivity index (χ0) is 22.3. The lowest BCUT2D eigenvalue weighted by molar-refractivity contribution is 0.0301. The third-order valence-electron chi connectivity index (χ3n) is 7.01. The number of hydrogen-bond acceptors (Lipinski definition) is 4. The van der Waals surface area contributed by atoms with Gasteiger partial charge in [-0.2, -0.15) is 0 Å². The van der Waals surface area contributed by atoms with Crippen molar-refractivity contribution in [2.24, 2.45) is 0 Å². The van der Waals surface area contributed by atoms with Gasteiger partial charge in [-0.05, 0) is 57.2 Å². The number of rotatable bonds is 3. The molecule has 5 heteroatoms. The average Bonchev–Trinajstić information content (AvgIpc) is 2.97. The summed E-state index contributed by atoms with van der Waals surface area (Å²) in [5, 5.41) is 3.71. The standard InChI is InChI=1S/C27H29NO4/c1-17-23-21(31-25(17)26(30)28-18(2)19-10-6-5-7-11-19)12-13-22-24(23)20(29)16-27(32-22)14-8-3-4-9-15-27/h5-7,10-13,18H,3-4,8-9,14-16H2,1-2H3,(H,28,30)/t18-/m0/s1. The molecule has 1 N–H and O–H groups in total. The maximum atomic E-state index is 13.4. The van der Waals surface area contributed by atoms with Crippen LogP contribution in [0.15, 0.2) is 46.9 Å². The maximum Gasteiger partial charge on any atom is 0.287 e. The van der Waals surface area contributed by atoms with Crippen LogP contribution in [0.4, 0.5) is 0 Å². The first-order valence-corrected chi connectivity index (χ1v) is 11.6. The lowest BCUT2D eigenvalue weighted by Crippen LogP contribution is -2.41. The Morgan fingerprint density at radius 2 is 1.75 bits per heavy atom. The van der Waals surface area contributed by atoms with Gasteiger partial charge in [0.1, 0.15) is 16.9 Å². The number of amides is 1. The van der Waals surface area contributed by atoms with E-state index in [0.29, 0.717) is 34.3 Å². The van der Waals surface area contributed by atoms with Gasteiger partial charge in [0, 0.05) is 10.9 Å². The number of benzene rings is 2. The highest BCUT2D eigenvalue weighted by atomic mass is 16.5. The molecule has 2 aromatic carbocycles. The molecule has 2 aliphatic rings. The molecule has 1 aliphatic carbocycles. The van der Waals surface area contributed by atoms with Gasteiger partial charge in [-0.1, -0.05) is 43.2 Å². The molecule has 1 atom stereocenters. The van der Waals surface area contributed by atoms with Gasteiger partial charge >= 0.3 is 0 Å². The number of ketones is 1. The minimum Gasteiger partial charge on any atom is -0.486 e. The van der Waals surface area contributed by atoms with Crippen molar-refractivity contribution in [2.45, 2.75) is 70.4 Å². The smallest absolute Gasteiger partial charge is 0.287 e. The van der Waals surface area contributed by atoms with Crippen LogP contribution in [0.2, 0.25) is 0 Å². The van der Waals surface area contributed by atoms with Crippen LogP contribution in [-0.2, 0) is 0 Å². The van der Waals surface area contributed by atoms with Gasteiger partial charge in [-0.3, -0.25) is 9.59 Å². The quantitative estimate of drug-likeness (QED) is 0.529. The molecule has 0 saturated heterocycles. The fourth-order valence-corrected chi connectivity index (χ4v) is 5.29. The van der Waals surface area contributed by atoms with Crippen molar-refractivity contribution in [3.8, 4) is 5.75 Å². The van der Waals surface area contributed by atoms with Crippen LogP contribution in [0.3, 0.4) is 0 Å². The van der Waals surface area contributed by atoms with Crippen LogP contribution < -0.4 is 10.1 Å². The molecule has 1 aliphatic heterocycles. The van der Waals surface area contributed by atoms with E-state index >= 15 is 0 Å². The van der Waals surface area contributed by atoms with Gasteiger partial charge in [-0.15, -0.1) is 0 Å². The second-order valence-electron chi connectivity index (χ2n) is 9.27. The Morgan fingerprint density at radius 1 is 1.03 bits per heavy atom. The molecule has 1 spiro atoms. The molecule has 3 aromatic rings. The third kappa shape index (κ3) is 3.60. The molecule has 166 valence electrons. The SMILES string of the molecule is Cc1c(C(=O)N[C@@H](C)c2ccccc2)oc2ccc3c(c12)C(=O)CC1(CCCCCC1)O3. The minimum atomic E-state index is -0.378. The summed E-state index contributed by atoms with van der Waals surface area (Å²) in [5.41, 5.74) is 2.44. The van der Waals surface area contributed by atoms with Crippen LogP contribution in [0, 0.1) is 6.92 Å². The average molecular weight is 432 g/mol. The Bertz CT molecular complexity index is 1170. The van der Waals surface area contributed by atoms with Crippen molar-refractivity contribution in [2.75, 3.05) is 0 Å². The van der Waals surface area contributed by atoms with E-state index < -0.39 is 0 Å². The summed E-state index contributed by atoms with van der Waals surface area (Å²) < 4.78 is 12.5. The van der Waals surface area contributed by atoms with Gasteiger partial charge in [0.05, 0.1) is 18.0 Å². The molecule has 2 heterocycles. The summed E-state index contributed by atoms with van der Waals surface area (Å²) in [6.45, 7) is 3.79. The number of nitrogens with one attached hydrogen (secondary N) is 1. The number of fused-ring (bicyclic) bond motifs is 3. The summed E-state index contributed by atoms with van der Waals surface area (Å²) >= 11 is 0. The van der Waals surface area contributed by atoms with Gasteiger partial charge in [0.2, 0.25) is 0 Å². The fraction of sp³-hybridized carbons (Fsp3) is 0.407. The first-order chi connectivity index (χ1) is 15.5. The van der Waals surface area contributed by atoms with Crippen LogP contribution in [0.1, 0.15) is 90.0 Å². The Hall–Kier alpha value is -3.08. The lowest BCUT2D eigenvalue weighted by atomic mass is 9.83. The van der Waals surface area contributed by atoms with E-state index in [0.717, 1.165) is 31.2 Å². The highest BCUT2D eigenvalue weighted by molar-refractivity contribution is 6.13. The predicted octanol–water partition coefficient (Wildman–Crippen LogP) is 6.29. The van der Waals surface area contributed by atoms with Crippen molar-refractivity contribution in [3.05, 3.63) is 64.9 Å². The normalized spacial score (nSPS) is 18.6. The van der Waals surface area contributed by atoms with Gasteiger partial charge in [0.15, 0.2) is 11.5 Å². The Kier molecular flexibility index (Phi) is 5.28. The van der Waals surface area contributed by atoms with E-state index in [1.54, 1.807) is 0 Å². The first-order valence-electron chi connectivity index (χ1n) is 11.6. The predicted molar refractivity (Wildman–Crippen MR) is 123 cm³/mol. The highest BCUT2D eigenvalue weighted by Gasteiger charge is 2.42. The second kappa shape index (κ2) is 8.12. The molecule has 5 rings (SSSR count). The number of carbonyl (C=O) groups excluding carboxylic acids is 2. The molecule has 1 amide bonds. The van der Waals surface area contributed by atoms with E-state index in [1.807, 2.05) is 56.3 Å². The molecular weight excluding hydrogens is 402 g/mol. The maximum absolute atomic E-state index is 13.4. The summed E-state index contributed by atoms with van der Waals surface area (Å²) in [4.78, 5) is 26.4. The van der Waals surface area contributed by atoms with Crippen molar-refractivity contribution in [1.29, 1.82) is 0 Å². The van der Waals surface area contributed by atoms with E-state index in [9.17, 15) is 9.59 Å². The van der Waals surface area contributed by atoms with Crippen molar-refractivity contribution in [3.63, 3.8) is 0 Å². The Morgan fingerprint density at radius 3 is 2.47 bits per heavy atom. The molecule has 32 heavy (non-hydrogen) atoms. The Balaban J connectivity index is 1.48. The molecule has 5 nitrogen and oxygen atoms in total. The number of furan rings is 1. The summed E-state index contributed by atoms with van der Waals surface area (Å²) in [5.74, 6) is 0.684. The van der Waals surface area contributed by atoms with Gasteiger partial charge in [0.25, 0.3) is 5.91 Å². The molecule has 0 bridgehead atoms. The van der Waals surface area contributed by atoms with Crippen LogP contribution in [0.5, 0.6) is 5.75 Å². The van der Waals surface area contributed by atoms with E-state index in [1.165, 1.54) is 12.8 Å². The highest BCUT2D eigenvalue weighted by Crippen LogP contribution is 2.44. The van der Waals surface area contributed by atoms with Crippen molar-refractivity contribution < 1.29 is 18.7 Å². The van der Waals surface area contributed by atoms with E-state index in [4.69, 9.17) is 9.15 Å². The first kappa shape index (κ1) is 20.8. The Labute approximate surface area is 188 Å². The van der Waals surface area contributed by atoms with Crippen molar-refractivity contribution >= 4 is 22.7 Å². The zero-order valence-electron chi connectivity index (χ0n) is 18.7. The van der Waals surface area contributed by atoms with Crippen LogP contribution in [-0.4, -0.2) is 17.3 Å². The largest absolute Gasteiger partial charge is 0.486 e. The lowest BCUT2D eigenvalue weighted by Gasteiger charge is -2.37. The molecule has 1 saturated carbocycles. The third-order valence-corrected chi connectivity index (χ3v) is 7.01. The minimum absolute atomic E-state index is 0.0901. The van der Waals surface area contributed by atoms with E-state index in [2.05, 4.69) is 5.32 Å². The van der Waals surface area contributed by atoms with Crippen LogP contribution >= 0.6 is 0 Å². The van der Waals surface area contributed by atoms with Crippen molar-refractivity contribution in [1.82, 2.24) is 5.32 Å². The summed E-state index contributed by atoms with van der Waals surface area (Å²) in [7, 11) is 0. The number of carbonyl (C=O) groups is 2. The molecule has 0 unspecified atom stereocenters. The van der Waals surface area contributed by atoms with E-state index in [-0.39, 0.29) is 29.1 Å². The number of aryl methyl sites for hydroxylation is 1. The summed E-state index contributed by atoms with van der Waals surface area (Å²) in [6, 6.07) is 13.3. The fourth-order valence-electron chi connectivity index (χ4n) is 5.29. The monoisotopic (exact) mass is 431 g/mol.